The number of halogens is 1. The second kappa shape index (κ2) is 6.97. The van der Waals surface area contributed by atoms with Crippen molar-refractivity contribution in [2.45, 2.75) is 53.0 Å². The van der Waals surface area contributed by atoms with Gasteiger partial charge < -0.3 is 9.84 Å². The first kappa shape index (κ1) is 16.4. The lowest BCUT2D eigenvalue weighted by Gasteiger charge is -2.15. The number of rotatable bonds is 5. The van der Waals surface area contributed by atoms with E-state index in [1.165, 1.54) is 0 Å². The van der Waals surface area contributed by atoms with Crippen LogP contribution in [0.1, 0.15) is 45.8 Å². The maximum atomic E-state index is 5.22. The monoisotopic (exact) mass is 261 g/mol. The van der Waals surface area contributed by atoms with Gasteiger partial charge in [-0.2, -0.15) is 4.98 Å². The van der Waals surface area contributed by atoms with Crippen molar-refractivity contribution >= 4 is 12.4 Å². The fraction of sp³-hybridized carbons (Fsp3) is 0.833. The van der Waals surface area contributed by atoms with Crippen LogP contribution in [-0.2, 0) is 12.8 Å². The zero-order valence-electron chi connectivity index (χ0n) is 11.4. The van der Waals surface area contributed by atoms with Crippen molar-refractivity contribution in [2.75, 3.05) is 7.05 Å². The molecule has 0 aromatic carbocycles. The topological polar surface area (TPSA) is 51.0 Å². The van der Waals surface area contributed by atoms with E-state index in [0.717, 1.165) is 31.0 Å². The van der Waals surface area contributed by atoms with Gasteiger partial charge in [0.05, 0.1) is 0 Å². The molecule has 0 saturated heterocycles. The molecule has 1 aromatic rings. The molecule has 0 amide bonds. The summed E-state index contributed by atoms with van der Waals surface area (Å²) < 4.78 is 5.22. The third-order valence-electron chi connectivity index (χ3n) is 2.58. The van der Waals surface area contributed by atoms with Gasteiger partial charge in [-0.05, 0) is 25.8 Å². The standard InChI is InChI=1S/C12H23N3O.ClH/c1-9(13-5)8-10-14-11(16-15-10)6-7-12(2,3)4;/h9,13H,6-8H2,1-5H3;1H. The Morgan fingerprint density at radius 3 is 2.53 bits per heavy atom. The molecule has 1 rings (SSSR count). The highest BCUT2D eigenvalue weighted by atomic mass is 35.5. The van der Waals surface area contributed by atoms with Crippen LogP contribution in [0.5, 0.6) is 0 Å². The van der Waals surface area contributed by atoms with Crippen LogP contribution in [0.3, 0.4) is 0 Å². The summed E-state index contributed by atoms with van der Waals surface area (Å²) in [6, 6.07) is 0.382. The van der Waals surface area contributed by atoms with Crippen molar-refractivity contribution < 1.29 is 4.52 Å². The van der Waals surface area contributed by atoms with Gasteiger partial charge in [0.15, 0.2) is 5.82 Å². The quantitative estimate of drug-likeness (QED) is 0.885. The number of aromatic nitrogens is 2. The highest BCUT2D eigenvalue weighted by molar-refractivity contribution is 5.85. The Labute approximate surface area is 110 Å². The number of aryl methyl sites for hydroxylation is 1. The number of nitrogens with zero attached hydrogens (tertiary/aromatic N) is 2. The average molecular weight is 262 g/mol. The zero-order chi connectivity index (χ0) is 12.2. The molecule has 4 nitrogen and oxygen atoms in total. The van der Waals surface area contributed by atoms with E-state index < -0.39 is 0 Å². The molecule has 0 bridgehead atoms. The maximum Gasteiger partial charge on any atom is 0.226 e. The summed E-state index contributed by atoms with van der Waals surface area (Å²) in [5, 5.41) is 7.14. The highest BCUT2D eigenvalue weighted by Crippen LogP contribution is 2.20. The Morgan fingerprint density at radius 2 is 2.00 bits per heavy atom. The molecular formula is C12H24ClN3O. The fourth-order valence-corrected chi connectivity index (χ4v) is 1.33. The lowest BCUT2D eigenvalue weighted by molar-refractivity contribution is 0.325. The molecule has 0 saturated carbocycles. The normalized spacial score (nSPS) is 13.2. The lowest BCUT2D eigenvalue weighted by Crippen LogP contribution is -2.24. The number of likely N-dealkylation sites (N-methyl/N-ethyl adjacent to an activating group) is 1. The van der Waals surface area contributed by atoms with Gasteiger partial charge in [-0.15, -0.1) is 12.4 Å². The molecule has 0 aliphatic rings. The summed E-state index contributed by atoms with van der Waals surface area (Å²) in [6.07, 6.45) is 2.75. The smallest absolute Gasteiger partial charge is 0.226 e. The lowest BCUT2D eigenvalue weighted by atomic mass is 9.91. The summed E-state index contributed by atoms with van der Waals surface area (Å²) in [5.74, 6) is 1.55. The SMILES string of the molecule is CNC(C)Cc1noc(CCC(C)(C)C)n1.Cl. The van der Waals surface area contributed by atoms with Gasteiger partial charge >= 0.3 is 0 Å². The van der Waals surface area contributed by atoms with Gasteiger partial charge in [0, 0.05) is 18.9 Å². The van der Waals surface area contributed by atoms with E-state index in [4.69, 9.17) is 4.52 Å². The van der Waals surface area contributed by atoms with Crippen molar-refractivity contribution in [1.82, 2.24) is 15.5 Å². The van der Waals surface area contributed by atoms with Gasteiger partial charge in [0.2, 0.25) is 5.89 Å². The predicted octanol–water partition coefficient (Wildman–Crippen LogP) is 2.62. The van der Waals surface area contributed by atoms with Crippen molar-refractivity contribution in [3.63, 3.8) is 0 Å². The van der Waals surface area contributed by atoms with Crippen LogP contribution >= 0.6 is 12.4 Å². The minimum atomic E-state index is 0. The van der Waals surface area contributed by atoms with Crippen molar-refractivity contribution in [3.8, 4) is 0 Å². The molecule has 0 spiro atoms. The van der Waals surface area contributed by atoms with Gasteiger partial charge in [-0.1, -0.05) is 25.9 Å². The summed E-state index contributed by atoms with van der Waals surface area (Å²) >= 11 is 0. The first-order chi connectivity index (χ1) is 7.40. The Hall–Kier alpha value is -0.610. The third kappa shape index (κ3) is 6.64. The van der Waals surface area contributed by atoms with E-state index in [1.807, 2.05) is 7.05 Å². The van der Waals surface area contributed by atoms with Crippen LogP contribution in [0.25, 0.3) is 0 Å². The third-order valence-corrected chi connectivity index (χ3v) is 2.58. The van der Waals surface area contributed by atoms with E-state index in [-0.39, 0.29) is 12.4 Å². The molecule has 17 heavy (non-hydrogen) atoms. The number of hydrogen-bond donors (Lipinski definition) is 1. The predicted molar refractivity (Wildman–Crippen MR) is 71.5 cm³/mol. The van der Waals surface area contributed by atoms with E-state index >= 15 is 0 Å². The van der Waals surface area contributed by atoms with Gasteiger partial charge in [0.25, 0.3) is 0 Å². The van der Waals surface area contributed by atoms with E-state index in [0.29, 0.717) is 11.5 Å². The van der Waals surface area contributed by atoms with Gasteiger partial charge in [-0.3, -0.25) is 0 Å². The van der Waals surface area contributed by atoms with Crippen molar-refractivity contribution in [1.29, 1.82) is 0 Å². The highest BCUT2D eigenvalue weighted by Gasteiger charge is 2.14. The Kier molecular flexibility index (Phi) is 6.72. The molecule has 0 aliphatic carbocycles. The molecular weight excluding hydrogens is 238 g/mol. The van der Waals surface area contributed by atoms with E-state index in [1.54, 1.807) is 0 Å². The summed E-state index contributed by atoms with van der Waals surface area (Å²) in [7, 11) is 1.94. The largest absolute Gasteiger partial charge is 0.339 e. The summed E-state index contributed by atoms with van der Waals surface area (Å²) in [5.41, 5.74) is 0.312. The maximum absolute atomic E-state index is 5.22. The van der Waals surface area contributed by atoms with Gasteiger partial charge in [0.1, 0.15) is 0 Å². The summed E-state index contributed by atoms with van der Waals surface area (Å²) in [4.78, 5) is 4.38. The molecule has 1 heterocycles. The second-order valence-corrected chi connectivity index (χ2v) is 5.56. The number of nitrogens with one attached hydrogen (secondary N) is 1. The van der Waals surface area contributed by atoms with Crippen molar-refractivity contribution in [2.24, 2.45) is 5.41 Å². The molecule has 0 fully saturated rings. The van der Waals surface area contributed by atoms with Crippen LogP contribution in [-0.4, -0.2) is 23.2 Å². The van der Waals surface area contributed by atoms with E-state index in [9.17, 15) is 0 Å². The molecule has 0 aliphatic heterocycles. The first-order valence-electron chi connectivity index (χ1n) is 5.89. The molecule has 5 heteroatoms. The van der Waals surface area contributed by atoms with Crippen LogP contribution in [0, 0.1) is 5.41 Å². The molecule has 1 atom stereocenters. The average Bonchev–Trinajstić information content (AvgIpc) is 2.61. The van der Waals surface area contributed by atoms with Crippen LogP contribution in [0.2, 0.25) is 0 Å². The summed E-state index contributed by atoms with van der Waals surface area (Å²) in [6.45, 7) is 8.75. The second-order valence-electron chi connectivity index (χ2n) is 5.56. The number of hydrogen-bond acceptors (Lipinski definition) is 4. The van der Waals surface area contributed by atoms with Crippen molar-refractivity contribution in [3.05, 3.63) is 11.7 Å². The molecule has 1 unspecified atom stereocenters. The Morgan fingerprint density at radius 1 is 1.35 bits per heavy atom. The first-order valence-corrected chi connectivity index (χ1v) is 5.89. The molecule has 100 valence electrons. The van der Waals surface area contributed by atoms with E-state index in [2.05, 4.69) is 43.2 Å². The zero-order valence-corrected chi connectivity index (χ0v) is 12.2. The molecule has 1 N–H and O–H groups in total. The minimum Gasteiger partial charge on any atom is -0.339 e. The Bertz CT molecular complexity index is 320. The molecule has 0 radical (unpaired) electrons. The van der Waals surface area contributed by atoms with Crippen LogP contribution in [0.15, 0.2) is 4.52 Å². The fourth-order valence-electron chi connectivity index (χ4n) is 1.33. The Balaban J connectivity index is 0.00000256. The van der Waals surface area contributed by atoms with Crippen LogP contribution < -0.4 is 5.32 Å². The minimum absolute atomic E-state index is 0. The van der Waals surface area contributed by atoms with Gasteiger partial charge in [-0.25, -0.2) is 0 Å². The molecule has 1 aromatic heterocycles. The van der Waals surface area contributed by atoms with Crippen LogP contribution in [0.4, 0.5) is 0 Å².